The van der Waals surface area contributed by atoms with E-state index in [2.05, 4.69) is 30.5 Å². The van der Waals surface area contributed by atoms with Crippen LogP contribution in [0.15, 0.2) is 24.4 Å². The van der Waals surface area contributed by atoms with E-state index < -0.39 is 0 Å². The molecule has 1 aliphatic heterocycles. The number of ether oxygens (including phenoxy) is 1. The maximum absolute atomic E-state index is 11.7. The molecule has 4 heterocycles. The number of carbonyl (C=O) groups is 1. The molecule has 134 valence electrons. The molecule has 8 nitrogen and oxygen atoms in total. The van der Waals surface area contributed by atoms with E-state index in [0.29, 0.717) is 17.2 Å². The van der Waals surface area contributed by atoms with Crippen molar-refractivity contribution < 1.29 is 9.53 Å². The fourth-order valence-electron chi connectivity index (χ4n) is 3.19. The molecule has 3 aromatic heterocycles. The van der Waals surface area contributed by atoms with E-state index in [-0.39, 0.29) is 12.2 Å². The SMILES string of the molecule is C[C@@H]1CN(c2ncc(-c3ccc(-c4nn[nH]n4)s3)cc2C=O)C[C@H](C)O1. The van der Waals surface area contributed by atoms with Crippen LogP contribution in [0.3, 0.4) is 0 Å². The molecule has 2 atom stereocenters. The number of aromatic amines is 1. The molecular formula is C17H18N6O2S. The average molecular weight is 370 g/mol. The van der Waals surface area contributed by atoms with E-state index in [0.717, 1.165) is 34.7 Å². The lowest BCUT2D eigenvalue weighted by Gasteiger charge is -2.36. The van der Waals surface area contributed by atoms with Crippen molar-refractivity contribution in [2.24, 2.45) is 0 Å². The summed E-state index contributed by atoms with van der Waals surface area (Å²) in [5.41, 5.74) is 1.48. The number of nitrogens with one attached hydrogen (secondary N) is 1. The van der Waals surface area contributed by atoms with Crippen molar-refractivity contribution >= 4 is 23.4 Å². The molecule has 1 N–H and O–H groups in total. The number of aldehydes is 1. The molecule has 0 saturated carbocycles. The zero-order valence-corrected chi connectivity index (χ0v) is 15.2. The van der Waals surface area contributed by atoms with Crippen LogP contribution in [0.2, 0.25) is 0 Å². The van der Waals surface area contributed by atoms with Crippen LogP contribution in [0.25, 0.3) is 21.1 Å². The summed E-state index contributed by atoms with van der Waals surface area (Å²) in [5.74, 6) is 1.26. The lowest BCUT2D eigenvalue weighted by molar-refractivity contribution is -0.00549. The number of thiophene rings is 1. The highest BCUT2D eigenvalue weighted by Crippen LogP contribution is 2.34. The molecule has 3 aromatic rings. The summed E-state index contributed by atoms with van der Waals surface area (Å²) in [5, 5.41) is 14.0. The standard InChI is InChI=1S/C17H18N6O2S/c1-10-7-23(8-11(2)25-10)17-13(9-24)5-12(6-18-17)14-3-4-15(26-14)16-19-21-22-20-16/h3-6,9-11H,7-8H2,1-2H3,(H,19,20,21,22)/t10-,11+. The Bertz CT molecular complexity index is 900. The van der Waals surface area contributed by atoms with Crippen LogP contribution in [0.1, 0.15) is 24.2 Å². The number of hydrogen-bond acceptors (Lipinski definition) is 8. The van der Waals surface area contributed by atoms with E-state index in [1.54, 1.807) is 6.20 Å². The Hall–Kier alpha value is -2.65. The van der Waals surface area contributed by atoms with Gasteiger partial charge in [0.2, 0.25) is 5.82 Å². The van der Waals surface area contributed by atoms with Crippen LogP contribution < -0.4 is 4.90 Å². The van der Waals surface area contributed by atoms with Gasteiger partial charge in [-0.05, 0) is 37.3 Å². The molecule has 0 aromatic carbocycles. The fourth-order valence-corrected chi connectivity index (χ4v) is 4.11. The van der Waals surface area contributed by atoms with Gasteiger partial charge in [0, 0.05) is 29.7 Å². The molecule has 4 rings (SSSR count). The average Bonchev–Trinajstić information content (AvgIpc) is 3.31. The van der Waals surface area contributed by atoms with Gasteiger partial charge in [-0.15, -0.1) is 21.5 Å². The smallest absolute Gasteiger partial charge is 0.214 e. The molecule has 1 fully saturated rings. The van der Waals surface area contributed by atoms with Gasteiger partial charge in [0.1, 0.15) is 5.82 Å². The first kappa shape index (κ1) is 16.8. The van der Waals surface area contributed by atoms with Crippen molar-refractivity contribution in [2.45, 2.75) is 26.1 Å². The van der Waals surface area contributed by atoms with E-state index in [1.165, 1.54) is 11.3 Å². The van der Waals surface area contributed by atoms with Gasteiger partial charge in [-0.1, -0.05) is 0 Å². The van der Waals surface area contributed by atoms with Crippen LogP contribution in [-0.2, 0) is 4.74 Å². The number of tetrazole rings is 1. The Balaban J connectivity index is 1.64. The number of pyridine rings is 1. The van der Waals surface area contributed by atoms with E-state index in [4.69, 9.17) is 4.74 Å². The number of morpholine rings is 1. The van der Waals surface area contributed by atoms with Crippen LogP contribution in [0, 0.1) is 0 Å². The number of carbonyl (C=O) groups excluding carboxylic acids is 1. The van der Waals surface area contributed by atoms with E-state index >= 15 is 0 Å². The van der Waals surface area contributed by atoms with Crippen molar-refractivity contribution in [3.05, 3.63) is 30.0 Å². The number of aromatic nitrogens is 5. The summed E-state index contributed by atoms with van der Waals surface area (Å²) in [6.07, 6.45) is 2.88. The molecule has 0 radical (unpaired) electrons. The molecular weight excluding hydrogens is 352 g/mol. The lowest BCUT2D eigenvalue weighted by atomic mass is 10.1. The molecule has 0 amide bonds. The van der Waals surface area contributed by atoms with Crippen molar-refractivity contribution in [2.75, 3.05) is 18.0 Å². The van der Waals surface area contributed by atoms with Crippen molar-refractivity contribution in [3.8, 4) is 21.1 Å². The summed E-state index contributed by atoms with van der Waals surface area (Å²) < 4.78 is 5.77. The third kappa shape index (κ3) is 3.23. The Morgan fingerprint density at radius 2 is 2.04 bits per heavy atom. The second-order valence-electron chi connectivity index (χ2n) is 6.32. The molecule has 0 unspecified atom stereocenters. The number of nitrogens with zero attached hydrogens (tertiary/aromatic N) is 5. The van der Waals surface area contributed by atoms with Gasteiger partial charge in [-0.25, -0.2) is 4.98 Å². The summed E-state index contributed by atoms with van der Waals surface area (Å²) in [6, 6.07) is 5.79. The minimum atomic E-state index is 0.106. The maximum Gasteiger partial charge on any atom is 0.214 e. The van der Waals surface area contributed by atoms with Crippen molar-refractivity contribution in [1.82, 2.24) is 25.6 Å². The summed E-state index contributed by atoms with van der Waals surface area (Å²) >= 11 is 1.53. The van der Waals surface area contributed by atoms with Gasteiger partial charge in [0.15, 0.2) is 6.29 Å². The van der Waals surface area contributed by atoms with Gasteiger partial charge >= 0.3 is 0 Å². The first-order valence-corrected chi connectivity index (χ1v) is 9.15. The van der Waals surface area contributed by atoms with Gasteiger partial charge in [0.25, 0.3) is 0 Å². The predicted octanol–water partition coefficient (Wildman–Crippen LogP) is 2.42. The third-order valence-corrected chi connectivity index (χ3v) is 5.33. The molecule has 9 heteroatoms. The Kier molecular flexibility index (Phi) is 4.48. The lowest BCUT2D eigenvalue weighted by Crippen LogP contribution is -2.46. The first-order valence-electron chi connectivity index (χ1n) is 8.33. The second-order valence-corrected chi connectivity index (χ2v) is 7.40. The molecule has 0 bridgehead atoms. The number of anilines is 1. The number of rotatable bonds is 4. The molecule has 1 aliphatic rings. The fraction of sp³-hybridized carbons (Fsp3) is 0.353. The predicted molar refractivity (Wildman–Crippen MR) is 98.3 cm³/mol. The monoisotopic (exact) mass is 370 g/mol. The second kappa shape index (κ2) is 6.93. The summed E-state index contributed by atoms with van der Waals surface area (Å²) in [7, 11) is 0. The highest BCUT2D eigenvalue weighted by Gasteiger charge is 2.25. The highest BCUT2D eigenvalue weighted by atomic mass is 32.1. The minimum absolute atomic E-state index is 0.106. The largest absolute Gasteiger partial charge is 0.372 e. The Morgan fingerprint density at radius 3 is 2.73 bits per heavy atom. The van der Waals surface area contributed by atoms with Gasteiger partial charge in [-0.3, -0.25) is 4.79 Å². The van der Waals surface area contributed by atoms with Crippen LogP contribution in [0.4, 0.5) is 5.82 Å². The summed E-state index contributed by atoms with van der Waals surface area (Å²) in [4.78, 5) is 20.3. The Labute approximate surface area is 154 Å². The van der Waals surface area contributed by atoms with E-state index in [9.17, 15) is 4.79 Å². The van der Waals surface area contributed by atoms with Gasteiger partial charge < -0.3 is 9.64 Å². The highest BCUT2D eigenvalue weighted by molar-refractivity contribution is 7.18. The summed E-state index contributed by atoms with van der Waals surface area (Å²) in [6.45, 7) is 5.50. The zero-order valence-electron chi connectivity index (χ0n) is 14.4. The maximum atomic E-state index is 11.7. The quantitative estimate of drug-likeness (QED) is 0.704. The first-order chi connectivity index (χ1) is 12.6. The van der Waals surface area contributed by atoms with Crippen molar-refractivity contribution in [3.63, 3.8) is 0 Å². The van der Waals surface area contributed by atoms with Crippen molar-refractivity contribution in [1.29, 1.82) is 0 Å². The molecule has 26 heavy (non-hydrogen) atoms. The van der Waals surface area contributed by atoms with Gasteiger partial charge in [-0.2, -0.15) is 5.21 Å². The zero-order chi connectivity index (χ0) is 18.1. The number of H-pyrrole nitrogens is 1. The minimum Gasteiger partial charge on any atom is -0.372 e. The van der Waals surface area contributed by atoms with Crippen LogP contribution >= 0.6 is 11.3 Å². The van der Waals surface area contributed by atoms with Gasteiger partial charge in [0.05, 0.1) is 22.6 Å². The van der Waals surface area contributed by atoms with Crippen LogP contribution in [-0.4, -0.2) is 57.2 Å². The number of hydrogen-bond donors (Lipinski definition) is 1. The molecule has 0 spiro atoms. The topological polar surface area (TPSA) is 96.9 Å². The molecule has 1 saturated heterocycles. The van der Waals surface area contributed by atoms with Crippen LogP contribution in [0.5, 0.6) is 0 Å². The Morgan fingerprint density at radius 1 is 1.27 bits per heavy atom. The normalized spacial score (nSPS) is 20.3. The van der Waals surface area contributed by atoms with E-state index in [1.807, 2.05) is 32.0 Å². The molecule has 0 aliphatic carbocycles. The third-order valence-electron chi connectivity index (χ3n) is 4.20.